The van der Waals surface area contributed by atoms with E-state index in [1.807, 2.05) is 26.0 Å². The van der Waals surface area contributed by atoms with E-state index < -0.39 is 7.34 Å². The SMILES string of the molecule is C=P(OCC)(OCC)C(c1ccc(OC)cc1)N1CCCC1. The first-order chi connectivity index (χ1) is 10.6. The number of likely N-dealkylation sites (tertiary alicyclic amines) is 1. The zero-order valence-corrected chi connectivity index (χ0v) is 14.9. The van der Waals surface area contributed by atoms with Crippen molar-refractivity contribution in [3.05, 3.63) is 29.8 Å². The number of hydrogen-bond acceptors (Lipinski definition) is 4. The third-order valence-electron chi connectivity index (χ3n) is 3.97. The summed E-state index contributed by atoms with van der Waals surface area (Å²) >= 11 is 0. The third-order valence-corrected chi connectivity index (χ3v) is 6.73. The maximum Gasteiger partial charge on any atom is 0.138 e. The Labute approximate surface area is 134 Å². The van der Waals surface area contributed by atoms with Crippen LogP contribution >= 0.6 is 7.34 Å². The molecule has 0 aliphatic carbocycles. The minimum Gasteiger partial charge on any atom is -0.497 e. The molecule has 1 heterocycles. The average molecular weight is 325 g/mol. The van der Waals surface area contributed by atoms with Crippen LogP contribution < -0.4 is 4.74 Å². The fourth-order valence-electron chi connectivity index (χ4n) is 3.06. The highest BCUT2D eigenvalue weighted by Gasteiger charge is 2.35. The summed E-state index contributed by atoms with van der Waals surface area (Å²) in [5, 5.41) is 0. The van der Waals surface area contributed by atoms with E-state index in [1.165, 1.54) is 18.4 Å². The first-order valence-electron chi connectivity index (χ1n) is 8.04. The van der Waals surface area contributed by atoms with Crippen molar-refractivity contribution in [1.29, 1.82) is 0 Å². The molecule has 0 amide bonds. The van der Waals surface area contributed by atoms with Gasteiger partial charge in [0.05, 0.1) is 20.3 Å². The summed E-state index contributed by atoms with van der Waals surface area (Å²) in [6, 6.07) is 8.22. The standard InChI is InChI=1S/C17H28NO3P/c1-5-20-22(4,21-6-2)17(18-13-7-8-14-18)15-9-11-16(19-3)12-10-15/h9-12,17H,4-8,13-14H2,1-3H3. The lowest BCUT2D eigenvalue weighted by molar-refractivity contribution is 0.215. The summed E-state index contributed by atoms with van der Waals surface area (Å²) in [4.78, 5) is 2.47. The van der Waals surface area contributed by atoms with Gasteiger partial charge >= 0.3 is 0 Å². The summed E-state index contributed by atoms with van der Waals surface area (Å²) in [7, 11) is -0.553. The lowest BCUT2D eigenvalue weighted by Crippen LogP contribution is -2.27. The van der Waals surface area contributed by atoms with Gasteiger partial charge < -0.3 is 13.8 Å². The molecular formula is C17H28NO3P. The highest BCUT2D eigenvalue weighted by Crippen LogP contribution is 2.62. The van der Waals surface area contributed by atoms with Gasteiger partial charge in [-0.1, -0.05) is 12.1 Å². The molecule has 0 bridgehead atoms. The van der Waals surface area contributed by atoms with Gasteiger partial charge in [0.1, 0.15) is 18.9 Å². The second kappa shape index (κ2) is 8.16. The van der Waals surface area contributed by atoms with Gasteiger partial charge in [-0.25, -0.2) is 0 Å². The van der Waals surface area contributed by atoms with E-state index in [4.69, 9.17) is 13.8 Å². The summed E-state index contributed by atoms with van der Waals surface area (Å²) < 4.78 is 17.4. The molecule has 1 aromatic rings. The van der Waals surface area contributed by atoms with Crippen LogP contribution in [0.25, 0.3) is 0 Å². The molecule has 1 aliphatic heterocycles. The largest absolute Gasteiger partial charge is 0.497 e. The van der Waals surface area contributed by atoms with E-state index in [0.29, 0.717) is 13.2 Å². The Balaban J connectivity index is 2.37. The number of methoxy groups -OCH3 is 1. The molecule has 0 radical (unpaired) electrons. The first kappa shape index (κ1) is 17.6. The van der Waals surface area contributed by atoms with Gasteiger partial charge in [-0.05, 0) is 63.8 Å². The highest BCUT2D eigenvalue weighted by atomic mass is 31.2. The van der Waals surface area contributed by atoms with Crippen LogP contribution in [0.3, 0.4) is 0 Å². The number of ether oxygens (including phenoxy) is 1. The van der Waals surface area contributed by atoms with E-state index in [0.717, 1.165) is 18.8 Å². The highest BCUT2D eigenvalue weighted by molar-refractivity contribution is 7.64. The number of hydrogen-bond donors (Lipinski definition) is 0. The molecule has 0 aromatic heterocycles. The Hall–Kier alpha value is -0.800. The van der Waals surface area contributed by atoms with Gasteiger partial charge in [-0.15, -0.1) is 0 Å². The van der Waals surface area contributed by atoms with Crippen molar-refractivity contribution in [2.24, 2.45) is 0 Å². The Bertz CT molecular complexity index is 487. The van der Waals surface area contributed by atoms with Gasteiger partial charge in [0.2, 0.25) is 0 Å². The summed E-state index contributed by atoms with van der Waals surface area (Å²) in [6.07, 6.45) is 6.86. The second-order valence-electron chi connectivity index (χ2n) is 5.45. The minimum atomic E-state index is -2.24. The van der Waals surface area contributed by atoms with E-state index in [-0.39, 0.29) is 5.78 Å². The minimum absolute atomic E-state index is 0.0980. The van der Waals surface area contributed by atoms with Crippen molar-refractivity contribution >= 4 is 13.6 Å². The molecule has 0 saturated carbocycles. The van der Waals surface area contributed by atoms with Crippen LogP contribution in [0.1, 0.15) is 38.0 Å². The molecule has 1 saturated heterocycles. The molecule has 124 valence electrons. The predicted octanol–water partition coefficient (Wildman–Crippen LogP) is 4.14. The average Bonchev–Trinajstić information content (AvgIpc) is 3.02. The maximum absolute atomic E-state index is 6.06. The number of nitrogens with zero attached hydrogens (tertiary/aromatic N) is 1. The predicted molar refractivity (Wildman–Crippen MR) is 93.8 cm³/mol. The molecule has 1 atom stereocenters. The Morgan fingerprint density at radius 2 is 1.64 bits per heavy atom. The molecule has 0 N–H and O–H groups in total. The fraction of sp³-hybridized carbons (Fsp3) is 0.588. The first-order valence-corrected chi connectivity index (χ1v) is 9.92. The van der Waals surface area contributed by atoms with Gasteiger partial charge in [0, 0.05) is 0 Å². The number of rotatable bonds is 8. The Kier molecular flexibility index (Phi) is 6.51. The van der Waals surface area contributed by atoms with Crippen LogP contribution in [-0.4, -0.2) is 44.6 Å². The molecule has 4 nitrogen and oxygen atoms in total. The Morgan fingerprint density at radius 3 is 2.09 bits per heavy atom. The molecule has 1 aromatic carbocycles. The molecule has 1 fully saturated rings. The van der Waals surface area contributed by atoms with Gasteiger partial charge in [0.25, 0.3) is 0 Å². The van der Waals surface area contributed by atoms with E-state index in [1.54, 1.807) is 7.11 Å². The van der Waals surface area contributed by atoms with Crippen molar-refractivity contribution in [1.82, 2.24) is 4.90 Å². The zero-order valence-electron chi connectivity index (χ0n) is 14.0. The van der Waals surface area contributed by atoms with Crippen LogP contribution in [0, 0.1) is 0 Å². The zero-order chi connectivity index (χ0) is 16.0. The van der Waals surface area contributed by atoms with Crippen LogP contribution in [-0.2, 0) is 9.05 Å². The van der Waals surface area contributed by atoms with Crippen molar-refractivity contribution in [3.63, 3.8) is 0 Å². The lowest BCUT2D eigenvalue weighted by Gasteiger charge is -2.38. The summed E-state index contributed by atoms with van der Waals surface area (Å²) in [5.74, 6) is 0.963. The van der Waals surface area contributed by atoms with Crippen molar-refractivity contribution < 1.29 is 13.8 Å². The summed E-state index contributed by atoms with van der Waals surface area (Å²) in [5.41, 5.74) is 1.20. The van der Waals surface area contributed by atoms with Gasteiger partial charge in [-0.3, -0.25) is 4.90 Å². The number of benzene rings is 1. The van der Waals surface area contributed by atoms with Crippen molar-refractivity contribution in [2.45, 2.75) is 32.5 Å². The van der Waals surface area contributed by atoms with Gasteiger partial charge in [0.15, 0.2) is 0 Å². The topological polar surface area (TPSA) is 30.9 Å². The smallest absolute Gasteiger partial charge is 0.138 e. The van der Waals surface area contributed by atoms with Crippen molar-refractivity contribution in [2.75, 3.05) is 33.4 Å². The fourth-order valence-corrected chi connectivity index (χ4v) is 5.65. The van der Waals surface area contributed by atoms with E-state index >= 15 is 0 Å². The second-order valence-corrected chi connectivity index (χ2v) is 7.91. The molecule has 5 heteroatoms. The molecular weight excluding hydrogens is 297 g/mol. The van der Waals surface area contributed by atoms with E-state index in [2.05, 4.69) is 23.3 Å². The van der Waals surface area contributed by atoms with Crippen molar-refractivity contribution in [3.8, 4) is 5.75 Å². The summed E-state index contributed by atoms with van der Waals surface area (Å²) in [6.45, 7) is 7.42. The van der Waals surface area contributed by atoms with Gasteiger partial charge in [-0.2, -0.15) is 0 Å². The Morgan fingerprint density at radius 1 is 1.09 bits per heavy atom. The van der Waals surface area contributed by atoms with E-state index in [9.17, 15) is 0 Å². The molecule has 0 spiro atoms. The molecule has 2 rings (SSSR count). The van der Waals surface area contributed by atoms with Crippen LogP contribution in [0.2, 0.25) is 0 Å². The maximum atomic E-state index is 6.06. The van der Waals surface area contributed by atoms with Crippen LogP contribution in [0.5, 0.6) is 5.75 Å². The third kappa shape index (κ3) is 3.94. The monoisotopic (exact) mass is 325 g/mol. The van der Waals surface area contributed by atoms with Crippen LogP contribution in [0.4, 0.5) is 0 Å². The molecule has 1 unspecified atom stereocenters. The molecule has 1 aliphatic rings. The molecule has 22 heavy (non-hydrogen) atoms. The quantitative estimate of drug-likeness (QED) is 0.672. The van der Waals surface area contributed by atoms with Crippen LogP contribution in [0.15, 0.2) is 24.3 Å². The normalized spacial score (nSPS) is 17.6. The lowest BCUT2D eigenvalue weighted by atomic mass is 10.2.